The second-order valence-electron chi connectivity index (χ2n) is 4.37. The van der Waals surface area contributed by atoms with Crippen molar-refractivity contribution in [3.8, 4) is 10.6 Å². The molecule has 2 N–H and O–H groups in total. The molecule has 0 saturated heterocycles. The third kappa shape index (κ3) is 5.55. The second kappa shape index (κ2) is 8.89. The van der Waals surface area contributed by atoms with Crippen LogP contribution in [0.4, 0.5) is 0 Å². The lowest BCUT2D eigenvalue weighted by molar-refractivity contribution is -0.120. The van der Waals surface area contributed by atoms with E-state index in [0.717, 1.165) is 22.7 Å². The second-order valence-corrected chi connectivity index (χ2v) is 6.01. The molecule has 0 unspecified atom stereocenters. The first-order valence-electron chi connectivity index (χ1n) is 6.72. The summed E-state index contributed by atoms with van der Waals surface area (Å²) in [4.78, 5) is 16.2. The van der Waals surface area contributed by atoms with E-state index in [0.29, 0.717) is 26.2 Å². The summed E-state index contributed by atoms with van der Waals surface area (Å²) in [6.07, 6.45) is 1.04. The first-order chi connectivity index (χ1) is 10.3. The number of carbonyl (C=O) groups is 1. The highest BCUT2D eigenvalue weighted by Crippen LogP contribution is 2.25. The lowest BCUT2D eigenvalue weighted by Gasteiger charge is -2.04. The molecule has 0 fully saturated rings. The van der Waals surface area contributed by atoms with Crippen LogP contribution in [0.1, 0.15) is 12.1 Å². The number of hydrogen-bond donors (Lipinski definition) is 2. The number of rotatable bonds is 9. The van der Waals surface area contributed by atoms with Crippen LogP contribution in [0.5, 0.6) is 0 Å². The molecule has 0 aromatic carbocycles. The molecular formula is C14H18N2O3S2. The largest absolute Gasteiger partial charge is 0.394 e. The van der Waals surface area contributed by atoms with Crippen LogP contribution in [0.25, 0.3) is 10.6 Å². The molecule has 5 nitrogen and oxygen atoms in total. The van der Waals surface area contributed by atoms with E-state index in [1.807, 2.05) is 16.8 Å². The quantitative estimate of drug-likeness (QED) is 0.691. The Morgan fingerprint density at radius 1 is 1.38 bits per heavy atom. The molecule has 0 aliphatic heterocycles. The van der Waals surface area contributed by atoms with Crippen molar-refractivity contribution in [2.45, 2.75) is 12.8 Å². The Kier molecular flexibility index (Phi) is 6.81. The molecule has 0 saturated carbocycles. The predicted molar refractivity (Wildman–Crippen MR) is 84.7 cm³/mol. The molecule has 0 spiro atoms. The standard InChI is InChI=1S/C14H18N2O3S2/c17-4-6-19-5-1-3-15-13(18)8-12-10-21-14(16-12)11-2-7-20-9-11/h2,7,9-10,17H,1,3-6,8H2,(H,15,18). The van der Waals surface area contributed by atoms with Crippen molar-refractivity contribution < 1.29 is 14.6 Å². The van der Waals surface area contributed by atoms with Crippen molar-refractivity contribution in [3.63, 3.8) is 0 Å². The van der Waals surface area contributed by atoms with Gasteiger partial charge < -0.3 is 15.2 Å². The Labute approximate surface area is 131 Å². The maximum Gasteiger partial charge on any atom is 0.226 e. The van der Waals surface area contributed by atoms with Gasteiger partial charge in [0.05, 0.1) is 25.3 Å². The molecular weight excluding hydrogens is 308 g/mol. The first-order valence-corrected chi connectivity index (χ1v) is 8.54. The Morgan fingerprint density at radius 2 is 2.29 bits per heavy atom. The highest BCUT2D eigenvalue weighted by molar-refractivity contribution is 7.14. The third-order valence-electron chi connectivity index (χ3n) is 2.68. The molecule has 7 heteroatoms. The van der Waals surface area contributed by atoms with E-state index < -0.39 is 0 Å². The van der Waals surface area contributed by atoms with Gasteiger partial charge in [0.15, 0.2) is 0 Å². The molecule has 0 atom stereocenters. The van der Waals surface area contributed by atoms with Gasteiger partial charge in [0.1, 0.15) is 5.01 Å². The molecule has 0 aliphatic rings. The minimum atomic E-state index is -0.0284. The summed E-state index contributed by atoms with van der Waals surface area (Å²) in [7, 11) is 0. The Bertz CT molecular complexity index is 540. The van der Waals surface area contributed by atoms with Crippen molar-refractivity contribution in [3.05, 3.63) is 27.9 Å². The van der Waals surface area contributed by atoms with Crippen molar-refractivity contribution in [1.29, 1.82) is 0 Å². The Balaban J connectivity index is 1.68. The highest BCUT2D eigenvalue weighted by atomic mass is 32.1. The van der Waals surface area contributed by atoms with Gasteiger partial charge >= 0.3 is 0 Å². The Hall–Kier alpha value is -1.28. The molecule has 114 valence electrons. The molecule has 0 aliphatic carbocycles. The SMILES string of the molecule is O=C(Cc1csc(-c2ccsc2)n1)NCCCOCCO. The summed E-state index contributed by atoms with van der Waals surface area (Å²) in [5, 5.41) is 18.3. The van der Waals surface area contributed by atoms with Crippen LogP contribution >= 0.6 is 22.7 Å². The molecule has 21 heavy (non-hydrogen) atoms. The summed E-state index contributed by atoms with van der Waals surface area (Å²) in [5.41, 5.74) is 1.91. The number of thiophene rings is 1. The first kappa shape index (κ1) is 16.1. The van der Waals surface area contributed by atoms with Crippen LogP contribution in [-0.4, -0.2) is 42.4 Å². The normalized spacial score (nSPS) is 10.7. The smallest absolute Gasteiger partial charge is 0.226 e. The average molecular weight is 326 g/mol. The van der Waals surface area contributed by atoms with Gasteiger partial charge in [-0.1, -0.05) is 0 Å². The number of thiazole rings is 1. The number of hydrogen-bond acceptors (Lipinski definition) is 6. The number of aliphatic hydroxyl groups excluding tert-OH is 1. The van der Waals surface area contributed by atoms with E-state index in [1.54, 1.807) is 22.7 Å². The van der Waals surface area contributed by atoms with Gasteiger partial charge in [-0.25, -0.2) is 4.98 Å². The summed E-state index contributed by atoms with van der Waals surface area (Å²) < 4.78 is 5.12. The maximum atomic E-state index is 11.8. The molecule has 0 radical (unpaired) electrons. The number of aliphatic hydroxyl groups is 1. The molecule has 0 bridgehead atoms. The lowest BCUT2D eigenvalue weighted by Crippen LogP contribution is -2.27. The van der Waals surface area contributed by atoms with Crippen molar-refractivity contribution in [2.24, 2.45) is 0 Å². The minimum Gasteiger partial charge on any atom is -0.394 e. The summed E-state index contributed by atoms with van der Waals surface area (Å²) in [6.45, 7) is 1.49. The van der Waals surface area contributed by atoms with Crippen LogP contribution in [0.15, 0.2) is 22.2 Å². The third-order valence-corrected chi connectivity index (χ3v) is 4.31. The lowest BCUT2D eigenvalue weighted by atomic mass is 10.3. The van der Waals surface area contributed by atoms with Crippen LogP contribution < -0.4 is 5.32 Å². The fourth-order valence-electron chi connectivity index (χ4n) is 1.70. The van der Waals surface area contributed by atoms with Gasteiger partial charge in [-0.3, -0.25) is 4.79 Å². The number of carbonyl (C=O) groups excluding carboxylic acids is 1. The van der Waals surface area contributed by atoms with Gasteiger partial charge in [0.2, 0.25) is 5.91 Å². The van der Waals surface area contributed by atoms with Crippen LogP contribution in [0.3, 0.4) is 0 Å². The van der Waals surface area contributed by atoms with Gasteiger partial charge in [-0.15, -0.1) is 11.3 Å². The van der Waals surface area contributed by atoms with E-state index in [2.05, 4.69) is 15.7 Å². The fraction of sp³-hybridized carbons (Fsp3) is 0.429. The number of nitrogens with one attached hydrogen (secondary N) is 1. The van der Waals surface area contributed by atoms with E-state index >= 15 is 0 Å². The highest BCUT2D eigenvalue weighted by Gasteiger charge is 2.08. The fourth-order valence-corrected chi connectivity index (χ4v) is 3.23. The number of amides is 1. The number of aromatic nitrogens is 1. The van der Waals surface area contributed by atoms with E-state index in [4.69, 9.17) is 9.84 Å². The summed E-state index contributed by atoms with van der Waals surface area (Å²) in [6, 6.07) is 2.03. The van der Waals surface area contributed by atoms with Crippen molar-refractivity contribution in [2.75, 3.05) is 26.4 Å². The average Bonchev–Trinajstić information content (AvgIpc) is 3.13. The van der Waals surface area contributed by atoms with Crippen LogP contribution in [0, 0.1) is 0 Å². The molecule has 2 aromatic rings. The van der Waals surface area contributed by atoms with Crippen molar-refractivity contribution in [1.82, 2.24) is 10.3 Å². The maximum absolute atomic E-state index is 11.8. The predicted octanol–water partition coefficient (Wildman–Crippen LogP) is 1.93. The summed E-state index contributed by atoms with van der Waals surface area (Å²) in [5.74, 6) is -0.0284. The summed E-state index contributed by atoms with van der Waals surface area (Å²) >= 11 is 3.20. The molecule has 2 rings (SSSR count). The number of nitrogens with zero attached hydrogens (tertiary/aromatic N) is 1. The minimum absolute atomic E-state index is 0.0284. The van der Waals surface area contributed by atoms with Crippen molar-refractivity contribution >= 4 is 28.6 Å². The van der Waals surface area contributed by atoms with Gasteiger partial charge in [-0.05, 0) is 17.9 Å². The van der Waals surface area contributed by atoms with Gasteiger partial charge in [0, 0.05) is 29.5 Å². The zero-order valence-electron chi connectivity index (χ0n) is 11.6. The zero-order chi connectivity index (χ0) is 14.9. The molecule has 1 amide bonds. The zero-order valence-corrected chi connectivity index (χ0v) is 13.2. The van der Waals surface area contributed by atoms with E-state index in [-0.39, 0.29) is 12.5 Å². The Morgan fingerprint density at radius 3 is 3.05 bits per heavy atom. The van der Waals surface area contributed by atoms with Crippen LogP contribution in [0.2, 0.25) is 0 Å². The molecule has 2 heterocycles. The monoisotopic (exact) mass is 326 g/mol. The topological polar surface area (TPSA) is 71.5 Å². The van der Waals surface area contributed by atoms with Gasteiger partial charge in [0.25, 0.3) is 0 Å². The number of ether oxygens (including phenoxy) is 1. The molecule has 2 aromatic heterocycles. The van der Waals surface area contributed by atoms with Crippen LogP contribution in [-0.2, 0) is 16.0 Å². The van der Waals surface area contributed by atoms with E-state index in [1.165, 1.54) is 0 Å². The van der Waals surface area contributed by atoms with Gasteiger partial charge in [-0.2, -0.15) is 11.3 Å². The van der Waals surface area contributed by atoms with E-state index in [9.17, 15) is 4.79 Å².